The van der Waals surface area contributed by atoms with Crippen LogP contribution in [0.25, 0.3) is 32.3 Å². The Morgan fingerprint density at radius 3 is 1.75 bits per heavy atom. The van der Waals surface area contributed by atoms with Crippen LogP contribution in [-0.4, -0.2) is 6.71 Å². The van der Waals surface area contributed by atoms with Gasteiger partial charge in [0.15, 0.2) is 0 Å². The molecule has 0 aromatic heterocycles. The van der Waals surface area contributed by atoms with E-state index in [0.717, 1.165) is 39.9 Å². The molecule has 0 saturated heterocycles. The van der Waals surface area contributed by atoms with E-state index in [9.17, 15) is 0 Å². The zero-order chi connectivity index (χ0) is 34.2. The Bertz CT molecular complexity index is 2810. The van der Waals surface area contributed by atoms with E-state index in [1.807, 2.05) is 0 Å². The molecule has 0 fully saturated rings. The first-order valence-electron chi connectivity index (χ1n) is 17.9. The molecule has 0 N–H and O–H groups in total. The molecule has 4 heteroatoms. The lowest BCUT2D eigenvalue weighted by Gasteiger charge is -2.41. The number of fused-ring (bicyclic) bond motifs is 9. The van der Waals surface area contributed by atoms with E-state index in [1.54, 1.807) is 0 Å². The molecular formula is C48H31BN2O. The summed E-state index contributed by atoms with van der Waals surface area (Å²) in [5.41, 5.74) is 10.5. The zero-order valence-corrected chi connectivity index (χ0v) is 28.3. The summed E-state index contributed by atoms with van der Waals surface area (Å²) in [6.07, 6.45) is 0. The second-order valence-corrected chi connectivity index (χ2v) is 13.6. The summed E-state index contributed by atoms with van der Waals surface area (Å²) in [5, 5.41) is 7.26. The molecule has 11 rings (SSSR count). The molecule has 242 valence electrons. The molecule has 2 aliphatic rings. The summed E-state index contributed by atoms with van der Waals surface area (Å²) in [4.78, 5) is 4.84. The summed E-state index contributed by atoms with van der Waals surface area (Å²) < 4.78 is 7.12. The highest BCUT2D eigenvalue weighted by molar-refractivity contribution is 7.00. The van der Waals surface area contributed by atoms with Crippen LogP contribution in [0.5, 0.6) is 11.5 Å². The monoisotopic (exact) mass is 662 g/mol. The van der Waals surface area contributed by atoms with Crippen LogP contribution >= 0.6 is 0 Å². The summed E-state index contributed by atoms with van der Waals surface area (Å²) in [6, 6.07) is 67.7. The van der Waals surface area contributed by atoms with Crippen LogP contribution in [0.2, 0.25) is 0 Å². The zero-order valence-electron chi connectivity index (χ0n) is 28.3. The normalized spacial score (nSPS) is 12.7. The van der Waals surface area contributed by atoms with Crippen molar-refractivity contribution in [2.75, 3.05) is 9.80 Å². The fraction of sp³-hybridized carbons (Fsp3) is 0. The molecule has 0 radical (unpaired) electrons. The van der Waals surface area contributed by atoms with Gasteiger partial charge in [-0.05, 0) is 75.0 Å². The van der Waals surface area contributed by atoms with Crippen LogP contribution in [0, 0.1) is 0 Å². The van der Waals surface area contributed by atoms with Crippen molar-refractivity contribution < 1.29 is 4.74 Å². The minimum atomic E-state index is -0.0402. The topological polar surface area (TPSA) is 15.7 Å². The van der Waals surface area contributed by atoms with Crippen LogP contribution in [0.3, 0.4) is 0 Å². The third kappa shape index (κ3) is 4.21. The Morgan fingerprint density at radius 2 is 1.00 bits per heavy atom. The maximum atomic E-state index is 7.12. The minimum Gasteiger partial charge on any atom is -0.458 e. The maximum Gasteiger partial charge on any atom is 0.257 e. The van der Waals surface area contributed by atoms with Gasteiger partial charge in [-0.1, -0.05) is 140 Å². The van der Waals surface area contributed by atoms with Crippen LogP contribution in [0.1, 0.15) is 0 Å². The fourth-order valence-electron chi connectivity index (χ4n) is 8.71. The number of hydrogen-bond donors (Lipinski definition) is 0. The Balaban J connectivity index is 1.23. The van der Waals surface area contributed by atoms with Crippen molar-refractivity contribution in [2.24, 2.45) is 0 Å². The van der Waals surface area contributed by atoms with Crippen LogP contribution in [0.15, 0.2) is 188 Å². The van der Waals surface area contributed by atoms with Gasteiger partial charge in [-0.15, -0.1) is 0 Å². The van der Waals surface area contributed by atoms with Crippen molar-refractivity contribution in [3.8, 4) is 11.5 Å². The molecule has 0 aliphatic carbocycles. The lowest BCUT2D eigenvalue weighted by molar-refractivity contribution is 0.488. The molecule has 9 aromatic rings. The van der Waals surface area contributed by atoms with Crippen molar-refractivity contribution in [3.63, 3.8) is 0 Å². The highest BCUT2D eigenvalue weighted by atomic mass is 16.5. The SMILES string of the molecule is c1ccc(N(c2ccccc2)c2cc3c(c4ccccc24)B2c4ccc5ccccc5c4N(c4cccc5ccccc45)c4cccc(c42)O3)cc1. The van der Waals surface area contributed by atoms with Gasteiger partial charge in [0, 0.05) is 45.0 Å². The largest absolute Gasteiger partial charge is 0.458 e. The van der Waals surface area contributed by atoms with Gasteiger partial charge >= 0.3 is 0 Å². The maximum absolute atomic E-state index is 7.12. The first-order valence-corrected chi connectivity index (χ1v) is 17.9. The molecule has 2 heterocycles. The van der Waals surface area contributed by atoms with Crippen molar-refractivity contribution in [3.05, 3.63) is 188 Å². The van der Waals surface area contributed by atoms with E-state index >= 15 is 0 Å². The molecule has 0 spiro atoms. The summed E-state index contributed by atoms with van der Waals surface area (Å²) >= 11 is 0. The van der Waals surface area contributed by atoms with Crippen molar-refractivity contribution in [1.82, 2.24) is 0 Å². The summed E-state index contributed by atoms with van der Waals surface area (Å²) in [6.45, 7) is -0.0402. The number of anilines is 6. The van der Waals surface area contributed by atoms with Crippen LogP contribution in [0.4, 0.5) is 34.1 Å². The highest BCUT2D eigenvalue weighted by Gasteiger charge is 2.44. The molecule has 2 aliphatic heterocycles. The first-order chi connectivity index (χ1) is 25.8. The molecule has 3 nitrogen and oxygen atoms in total. The number of para-hydroxylation sites is 2. The van der Waals surface area contributed by atoms with Gasteiger partial charge in [-0.25, -0.2) is 0 Å². The van der Waals surface area contributed by atoms with Crippen LogP contribution in [-0.2, 0) is 0 Å². The van der Waals surface area contributed by atoms with Crippen molar-refractivity contribution >= 4 is 89.5 Å². The van der Waals surface area contributed by atoms with E-state index in [0.29, 0.717) is 0 Å². The Morgan fingerprint density at radius 1 is 0.423 bits per heavy atom. The van der Waals surface area contributed by atoms with E-state index in [4.69, 9.17) is 4.74 Å². The predicted octanol–water partition coefficient (Wildman–Crippen LogP) is 11.0. The number of rotatable bonds is 4. The number of ether oxygens (including phenoxy) is 1. The third-order valence-corrected chi connectivity index (χ3v) is 10.9. The number of hydrogen-bond acceptors (Lipinski definition) is 3. The molecule has 0 atom stereocenters. The molecule has 0 unspecified atom stereocenters. The van der Waals surface area contributed by atoms with Gasteiger partial charge in [-0.2, -0.15) is 0 Å². The van der Waals surface area contributed by atoms with Crippen LogP contribution < -0.4 is 30.9 Å². The quantitative estimate of drug-likeness (QED) is 0.175. The van der Waals surface area contributed by atoms with Gasteiger partial charge in [0.2, 0.25) is 0 Å². The Kier molecular flexibility index (Phi) is 6.35. The Labute approximate surface area is 302 Å². The Hall–Kier alpha value is -6.78. The van der Waals surface area contributed by atoms with Crippen molar-refractivity contribution in [1.29, 1.82) is 0 Å². The van der Waals surface area contributed by atoms with E-state index in [2.05, 4.69) is 198 Å². The lowest BCUT2D eigenvalue weighted by atomic mass is 9.33. The van der Waals surface area contributed by atoms with Gasteiger partial charge in [-0.3, -0.25) is 0 Å². The molecule has 0 amide bonds. The van der Waals surface area contributed by atoms with Gasteiger partial charge < -0.3 is 14.5 Å². The average molecular weight is 663 g/mol. The molecule has 0 saturated carbocycles. The third-order valence-electron chi connectivity index (χ3n) is 10.9. The number of nitrogens with zero attached hydrogens (tertiary/aromatic N) is 2. The fourth-order valence-corrected chi connectivity index (χ4v) is 8.71. The second-order valence-electron chi connectivity index (χ2n) is 13.6. The van der Waals surface area contributed by atoms with E-state index in [1.165, 1.54) is 54.4 Å². The van der Waals surface area contributed by atoms with Crippen molar-refractivity contribution in [2.45, 2.75) is 0 Å². The molecule has 52 heavy (non-hydrogen) atoms. The predicted molar refractivity (Wildman–Crippen MR) is 219 cm³/mol. The summed E-state index contributed by atoms with van der Waals surface area (Å²) in [7, 11) is 0. The van der Waals surface area contributed by atoms with Gasteiger partial charge in [0.05, 0.1) is 11.4 Å². The first kappa shape index (κ1) is 29.0. The minimum absolute atomic E-state index is 0.0402. The standard InChI is InChI=1S/C48H31BN2O/c1-3-18-34(19-4-1)50(35-20-5-2-6-21-35)43-31-45-46(39-25-12-11-24-38(39)43)49-40-30-29-33-16-8-10-23-37(33)48(40)51(42-27-14-28-44(52-45)47(42)49)41-26-13-17-32-15-7-9-22-36(32)41/h1-31H. The second kappa shape index (κ2) is 11.4. The lowest BCUT2D eigenvalue weighted by Crippen LogP contribution is -2.59. The highest BCUT2D eigenvalue weighted by Crippen LogP contribution is 2.47. The van der Waals surface area contributed by atoms with E-state index < -0.39 is 0 Å². The molecule has 9 aromatic carbocycles. The molecule has 0 bridgehead atoms. The number of benzene rings is 9. The average Bonchev–Trinajstić information content (AvgIpc) is 3.21. The van der Waals surface area contributed by atoms with E-state index in [-0.39, 0.29) is 6.71 Å². The summed E-state index contributed by atoms with van der Waals surface area (Å²) in [5.74, 6) is 1.78. The van der Waals surface area contributed by atoms with Gasteiger partial charge in [0.1, 0.15) is 11.5 Å². The van der Waals surface area contributed by atoms with Gasteiger partial charge in [0.25, 0.3) is 6.71 Å². The molecular weight excluding hydrogens is 631 g/mol. The smallest absolute Gasteiger partial charge is 0.257 e.